The number of aryl methyl sites for hydroxylation is 2. The van der Waals surface area contributed by atoms with Crippen LogP contribution >= 0.6 is 0 Å². The Balaban J connectivity index is 1.18. The van der Waals surface area contributed by atoms with Crippen LogP contribution in [0.2, 0.25) is 0 Å². The number of hydrogen-bond donors (Lipinski definition) is 0. The van der Waals surface area contributed by atoms with Crippen molar-refractivity contribution in [1.29, 1.82) is 0 Å². The summed E-state index contributed by atoms with van der Waals surface area (Å²) in [7, 11) is 0. The fourth-order valence-corrected chi connectivity index (χ4v) is 4.82. The summed E-state index contributed by atoms with van der Waals surface area (Å²) in [5, 5.41) is 3.99. The number of carbonyl (C=O) groups excluding carboxylic acids is 2. The van der Waals surface area contributed by atoms with E-state index in [4.69, 9.17) is 4.52 Å². The molecule has 1 amide bonds. The second-order valence-corrected chi connectivity index (χ2v) is 8.91. The fourth-order valence-electron chi connectivity index (χ4n) is 4.82. The van der Waals surface area contributed by atoms with Crippen LogP contribution in [0.4, 0.5) is 4.39 Å². The zero-order valence-electron chi connectivity index (χ0n) is 18.4. The number of likely N-dealkylation sites (tertiary alicyclic amines) is 1. The Morgan fingerprint density at radius 3 is 2.82 bits per heavy atom. The zero-order chi connectivity index (χ0) is 22.8. The third kappa shape index (κ3) is 4.72. The molecule has 0 bridgehead atoms. The van der Waals surface area contributed by atoms with E-state index in [-0.39, 0.29) is 36.3 Å². The third-order valence-electron chi connectivity index (χ3n) is 6.63. The lowest BCUT2D eigenvalue weighted by Crippen LogP contribution is -2.39. The number of benzene rings is 2. The van der Waals surface area contributed by atoms with Crippen molar-refractivity contribution in [2.45, 2.75) is 50.9 Å². The summed E-state index contributed by atoms with van der Waals surface area (Å²) in [5.41, 5.74) is 3.86. The first-order valence-corrected chi connectivity index (χ1v) is 11.6. The minimum atomic E-state index is -0.359. The lowest BCUT2D eigenvalue weighted by Gasteiger charge is -2.31. The predicted octanol–water partition coefficient (Wildman–Crippen LogP) is 4.73. The van der Waals surface area contributed by atoms with Crippen molar-refractivity contribution in [2.75, 3.05) is 13.1 Å². The Morgan fingerprint density at radius 2 is 1.94 bits per heavy atom. The SMILES string of the molecule is O=C(CCC(=O)N1CCC[C@@H](c2nc(-c3cccc(F)c3)no2)C1)c1ccc2c(c1)CCC2. The van der Waals surface area contributed by atoms with Gasteiger partial charge in [-0.2, -0.15) is 4.98 Å². The molecule has 0 saturated carbocycles. The van der Waals surface area contributed by atoms with E-state index in [1.165, 1.54) is 23.3 Å². The Kier molecular flexibility index (Phi) is 6.03. The van der Waals surface area contributed by atoms with E-state index in [2.05, 4.69) is 16.2 Å². The van der Waals surface area contributed by atoms with Gasteiger partial charge in [0.2, 0.25) is 17.6 Å². The lowest BCUT2D eigenvalue weighted by atomic mass is 9.97. The van der Waals surface area contributed by atoms with Crippen molar-refractivity contribution < 1.29 is 18.5 Å². The standard InChI is InChI=1S/C26H26FN3O3/c27-22-8-2-6-20(15-22)25-28-26(33-29-25)21-7-3-13-30(16-21)24(32)12-11-23(31)19-10-9-17-4-1-5-18(17)14-19/h2,6,8-10,14-15,21H,1,3-5,7,11-13,16H2/t21-/m1/s1. The van der Waals surface area contributed by atoms with Crippen molar-refractivity contribution in [3.8, 4) is 11.4 Å². The predicted molar refractivity (Wildman–Crippen MR) is 120 cm³/mol. The summed E-state index contributed by atoms with van der Waals surface area (Å²) >= 11 is 0. The fraction of sp³-hybridized carbons (Fsp3) is 0.385. The number of halogens is 1. The molecule has 1 aromatic heterocycles. The van der Waals surface area contributed by atoms with Crippen LogP contribution in [0.5, 0.6) is 0 Å². The number of hydrogen-bond acceptors (Lipinski definition) is 5. The van der Waals surface area contributed by atoms with Gasteiger partial charge in [-0.1, -0.05) is 29.4 Å². The van der Waals surface area contributed by atoms with E-state index in [1.54, 1.807) is 17.0 Å². The number of carbonyl (C=O) groups is 2. The van der Waals surface area contributed by atoms with Crippen LogP contribution in [0.3, 0.4) is 0 Å². The molecule has 2 aromatic carbocycles. The van der Waals surface area contributed by atoms with E-state index in [0.29, 0.717) is 35.9 Å². The van der Waals surface area contributed by atoms with Crippen LogP contribution in [0, 0.1) is 5.82 Å². The molecule has 0 unspecified atom stereocenters. The van der Waals surface area contributed by atoms with E-state index in [9.17, 15) is 14.0 Å². The summed E-state index contributed by atoms with van der Waals surface area (Å²) < 4.78 is 18.9. The smallest absolute Gasteiger partial charge is 0.231 e. The molecule has 170 valence electrons. The average Bonchev–Trinajstić information content (AvgIpc) is 3.52. The molecule has 5 rings (SSSR count). The summed E-state index contributed by atoms with van der Waals surface area (Å²) in [6.45, 7) is 1.14. The molecule has 1 aliphatic carbocycles. The van der Waals surface area contributed by atoms with Crippen molar-refractivity contribution in [2.24, 2.45) is 0 Å². The Morgan fingerprint density at radius 1 is 1.06 bits per heavy atom. The van der Waals surface area contributed by atoms with Crippen LogP contribution in [-0.2, 0) is 17.6 Å². The summed E-state index contributed by atoms with van der Waals surface area (Å²) in [6.07, 6.45) is 5.33. The second-order valence-electron chi connectivity index (χ2n) is 8.91. The van der Waals surface area contributed by atoms with Gasteiger partial charge in [-0.15, -0.1) is 0 Å². The second kappa shape index (κ2) is 9.25. The van der Waals surface area contributed by atoms with Crippen LogP contribution in [0.1, 0.15) is 65.4 Å². The zero-order valence-corrected chi connectivity index (χ0v) is 18.4. The molecule has 0 radical (unpaired) electrons. The summed E-state index contributed by atoms with van der Waals surface area (Å²) in [5.74, 6) is 0.365. The normalized spacial score (nSPS) is 17.7. The van der Waals surface area contributed by atoms with Gasteiger partial charge in [0.15, 0.2) is 5.78 Å². The monoisotopic (exact) mass is 447 g/mol. The van der Waals surface area contributed by atoms with Gasteiger partial charge in [0, 0.05) is 37.1 Å². The average molecular weight is 448 g/mol. The molecule has 33 heavy (non-hydrogen) atoms. The number of piperidine rings is 1. The van der Waals surface area contributed by atoms with Crippen LogP contribution < -0.4 is 0 Å². The molecular weight excluding hydrogens is 421 g/mol. The maximum absolute atomic E-state index is 13.5. The van der Waals surface area contributed by atoms with Crippen LogP contribution in [-0.4, -0.2) is 39.8 Å². The molecule has 2 heterocycles. The maximum atomic E-state index is 13.5. The van der Waals surface area contributed by atoms with Gasteiger partial charge in [0.1, 0.15) is 5.82 Å². The van der Waals surface area contributed by atoms with Crippen molar-refractivity contribution in [3.05, 3.63) is 70.9 Å². The van der Waals surface area contributed by atoms with Gasteiger partial charge in [-0.05, 0) is 61.4 Å². The van der Waals surface area contributed by atoms with Gasteiger partial charge in [0.25, 0.3) is 0 Å². The molecule has 0 N–H and O–H groups in total. The number of ketones is 1. The molecule has 1 fully saturated rings. The van der Waals surface area contributed by atoms with Crippen molar-refractivity contribution in [1.82, 2.24) is 15.0 Å². The Bertz CT molecular complexity index is 1190. The molecule has 7 heteroatoms. The molecule has 1 aliphatic heterocycles. The van der Waals surface area contributed by atoms with E-state index >= 15 is 0 Å². The number of nitrogens with zero attached hydrogens (tertiary/aromatic N) is 3. The number of aromatic nitrogens is 2. The quantitative estimate of drug-likeness (QED) is 0.511. The number of amides is 1. The van der Waals surface area contributed by atoms with Gasteiger partial charge in [-0.3, -0.25) is 9.59 Å². The first kappa shape index (κ1) is 21.5. The first-order valence-electron chi connectivity index (χ1n) is 11.6. The number of rotatable bonds is 6. The highest BCUT2D eigenvalue weighted by molar-refractivity contribution is 5.98. The molecule has 1 saturated heterocycles. The first-order chi connectivity index (χ1) is 16.1. The van der Waals surface area contributed by atoms with Gasteiger partial charge in [-0.25, -0.2) is 4.39 Å². The highest BCUT2D eigenvalue weighted by Gasteiger charge is 2.29. The van der Waals surface area contributed by atoms with E-state index in [0.717, 1.165) is 32.1 Å². The largest absolute Gasteiger partial charge is 0.342 e. The Labute approximate surface area is 191 Å². The topological polar surface area (TPSA) is 76.3 Å². The van der Waals surface area contributed by atoms with E-state index < -0.39 is 0 Å². The summed E-state index contributed by atoms with van der Waals surface area (Å²) in [4.78, 5) is 31.7. The van der Waals surface area contributed by atoms with Crippen LogP contribution in [0.25, 0.3) is 11.4 Å². The van der Waals surface area contributed by atoms with Gasteiger partial charge in [0.05, 0.1) is 5.92 Å². The van der Waals surface area contributed by atoms with Crippen LogP contribution in [0.15, 0.2) is 47.0 Å². The van der Waals surface area contributed by atoms with Gasteiger partial charge < -0.3 is 9.42 Å². The minimum Gasteiger partial charge on any atom is -0.342 e. The molecular formula is C26H26FN3O3. The van der Waals surface area contributed by atoms with Gasteiger partial charge >= 0.3 is 0 Å². The molecule has 6 nitrogen and oxygen atoms in total. The molecule has 1 atom stereocenters. The Hall–Kier alpha value is -3.35. The number of fused-ring (bicyclic) bond motifs is 1. The highest BCUT2D eigenvalue weighted by Crippen LogP contribution is 2.28. The molecule has 2 aliphatic rings. The van der Waals surface area contributed by atoms with Crippen molar-refractivity contribution in [3.63, 3.8) is 0 Å². The lowest BCUT2D eigenvalue weighted by molar-refractivity contribution is -0.132. The molecule has 0 spiro atoms. The number of Topliss-reactive ketones (excluding diaryl/α,β-unsaturated/α-hetero) is 1. The van der Waals surface area contributed by atoms with Crippen molar-refractivity contribution >= 4 is 11.7 Å². The molecule has 3 aromatic rings. The van der Waals surface area contributed by atoms with E-state index in [1.807, 2.05) is 12.1 Å². The maximum Gasteiger partial charge on any atom is 0.231 e. The third-order valence-corrected chi connectivity index (χ3v) is 6.63. The summed E-state index contributed by atoms with van der Waals surface area (Å²) in [6, 6.07) is 12.0. The highest BCUT2D eigenvalue weighted by atomic mass is 19.1. The minimum absolute atomic E-state index is 0.0169.